The van der Waals surface area contributed by atoms with Gasteiger partial charge in [-0.2, -0.15) is 15.0 Å². The van der Waals surface area contributed by atoms with Gasteiger partial charge >= 0.3 is 0 Å². The highest BCUT2D eigenvalue weighted by atomic mass is 15.4. The van der Waals surface area contributed by atoms with Gasteiger partial charge in [-0.3, -0.25) is 5.43 Å². The minimum absolute atomic E-state index is 0.400. The Balaban J connectivity index is 2.19. The zero-order valence-corrected chi connectivity index (χ0v) is 11.7. The van der Waals surface area contributed by atoms with E-state index in [4.69, 9.17) is 5.84 Å². The Morgan fingerprint density at radius 2 is 1.74 bits per heavy atom. The zero-order chi connectivity index (χ0) is 13.7. The molecule has 2 rings (SSSR count). The SMILES string of the molecule is CCN(CC)c1nc(NN)nc(NC2CCCC2)n1. The fourth-order valence-corrected chi connectivity index (χ4v) is 2.39. The lowest BCUT2D eigenvalue weighted by Crippen LogP contribution is -2.27. The number of hydrogen-bond acceptors (Lipinski definition) is 7. The molecule has 1 aliphatic rings. The molecule has 0 atom stereocenters. The van der Waals surface area contributed by atoms with E-state index in [2.05, 4.69) is 44.4 Å². The fourth-order valence-electron chi connectivity index (χ4n) is 2.39. The Labute approximate surface area is 114 Å². The highest BCUT2D eigenvalue weighted by molar-refractivity contribution is 5.43. The van der Waals surface area contributed by atoms with Crippen molar-refractivity contribution < 1.29 is 0 Å². The molecule has 7 nitrogen and oxygen atoms in total. The van der Waals surface area contributed by atoms with Crippen LogP contribution in [-0.4, -0.2) is 34.1 Å². The first-order chi connectivity index (χ1) is 9.26. The van der Waals surface area contributed by atoms with Gasteiger partial charge in [0.25, 0.3) is 0 Å². The molecule has 7 heteroatoms. The monoisotopic (exact) mass is 265 g/mol. The van der Waals surface area contributed by atoms with E-state index in [0.717, 1.165) is 13.1 Å². The predicted octanol–water partition coefficient (Wildman–Crippen LogP) is 1.36. The average molecular weight is 265 g/mol. The number of nitrogen functional groups attached to an aromatic ring is 1. The standard InChI is InChI=1S/C12H23N7/c1-3-19(4-2)12-16-10(15-11(17-12)18-13)14-9-7-5-6-8-9/h9H,3-8,13H2,1-2H3,(H2,14,15,16,17,18). The summed E-state index contributed by atoms with van der Waals surface area (Å²) >= 11 is 0. The van der Waals surface area contributed by atoms with Crippen LogP contribution in [-0.2, 0) is 0 Å². The molecule has 4 N–H and O–H groups in total. The van der Waals surface area contributed by atoms with E-state index >= 15 is 0 Å². The number of nitrogens with one attached hydrogen (secondary N) is 2. The molecule has 1 saturated carbocycles. The van der Waals surface area contributed by atoms with Crippen molar-refractivity contribution in [2.24, 2.45) is 5.84 Å². The van der Waals surface area contributed by atoms with Crippen LogP contribution in [0.2, 0.25) is 0 Å². The van der Waals surface area contributed by atoms with E-state index in [1.807, 2.05) is 0 Å². The second-order valence-electron chi connectivity index (χ2n) is 4.72. The lowest BCUT2D eigenvalue weighted by molar-refractivity contribution is 0.737. The van der Waals surface area contributed by atoms with Gasteiger partial charge in [0.1, 0.15) is 0 Å². The van der Waals surface area contributed by atoms with Gasteiger partial charge in [-0.05, 0) is 26.7 Å². The Morgan fingerprint density at radius 3 is 2.32 bits per heavy atom. The molecule has 106 valence electrons. The summed E-state index contributed by atoms with van der Waals surface area (Å²) in [5.74, 6) is 7.10. The van der Waals surface area contributed by atoms with Crippen molar-refractivity contribution in [3.05, 3.63) is 0 Å². The molecule has 1 aromatic rings. The molecular weight excluding hydrogens is 242 g/mol. The van der Waals surface area contributed by atoms with Gasteiger partial charge in [0.2, 0.25) is 17.8 Å². The fraction of sp³-hybridized carbons (Fsp3) is 0.750. The normalized spacial score (nSPS) is 15.5. The van der Waals surface area contributed by atoms with Crippen molar-refractivity contribution in [2.75, 3.05) is 28.7 Å². The summed E-state index contributed by atoms with van der Waals surface area (Å²) in [6.45, 7) is 5.86. The third kappa shape index (κ3) is 3.44. The van der Waals surface area contributed by atoms with Gasteiger partial charge < -0.3 is 10.2 Å². The van der Waals surface area contributed by atoms with Gasteiger partial charge in [0.05, 0.1) is 0 Å². The molecule has 0 unspecified atom stereocenters. The topological polar surface area (TPSA) is 92.0 Å². The van der Waals surface area contributed by atoms with E-state index in [1.165, 1.54) is 25.7 Å². The Morgan fingerprint density at radius 1 is 1.11 bits per heavy atom. The second-order valence-corrected chi connectivity index (χ2v) is 4.72. The summed E-state index contributed by atoms with van der Waals surface area (Å²) in [6, 6.07) is 0.470. The van der Waals surface area contributed by atoms with Crippen LogP contribution in [0.5, 0.6) is 0 Å². The van der Waals surface area contributed by atoms with Crippen LogP contribution in [0, 0.1) is 0 Å². The molecule has 1 fully saturated rings. The minimum Gasteiger partial charge on any atom is -0.351 e. The van der Waals surface area contributed by atoms with Gasteiger partial charge in [-0.15, -0.1) is 0 Å². The quantitative estimate of drug-likeness (QED) is 0.528. The van der Waals surface area contributed by atoms with Crippen LogP contribution in [0.4, 0.5) is 17.8 Å². The first-order valence-electron chi connectivity index (χ1n) is 7.01. The van der Waals surface area contributed by atoms with Crippen LogP contribution in [0.1, 0.15) is 39.5 Å². The molecule has 19 heavy (non-hydrogen) atoms. The molecule has 0 bridgehead atoms. The third-order valence-electron chi connectivity index (χ3n) is 3.49. The maximum atomic E-state index is 5.43. The van der Waals surface area contributed by atoms with Crippen LogP contribution >= 0.6 is 0 Å². The smallest absolute Gasteiger partial charge is 0.243 e. The number of hydrogen-bond donors (Lipinski definition) is 3. The van der Waals surface area contributed by atoms with Crippen LogP contribution in [0.3, 0.4) is 0 Å². The second kappa shape index (κ2) is 6.51. The molecule has 1 aliphatic carbocycles. The maximum absolute atomic E-state index is 5.43. The number of rotatable bonds is 6. The van der Waals surface area contributed by atoms with Crippen molar-refractivity contribution in [3.8, 4) is 0 Å². The van der Waals surface area contributed by atoms with Crippen molar-refractivity contribution in [2.45, 2.75) is 45.6 Å². The molecule has 0 spiro atoms. The largest absolute Gasteiger partial charge is 0.351 e. The van der Waals surface area contributed by atoms with Gasteiger partial charge in [-0.1, -0.05) is 12.8 Å². The van der Waals surface area contributed by atoms with Crippen molar-refractivity contribution in [3.63, 3.8) is 0 Å². The van der Waals surface area contributed by atoms with E-state index in [-0.39, 0.29) is 0 Å². The molecule has 0 amide bonds. The minimum atomic E-state index is 0.400. The van der Waals surface area contributed by atoms with Gasteiger partial charge in [0.15, 0.2) is 0 Å². The first kappa shape index (κ1) is 13.8. The summed E-state index contributed by atoms with van der Waals surface area (Å²) in [5.41, 5.74) is 2.51. The number of anilines is 3. The van der Waals surface area contributed by atoms with Gasteiger partial charge in [-0.25, -0.2) is 5.84 Å². The Bertz CT molecular complexity index is 399. The lowest BCUT2D eigenvalue weighted by Gasteiger charge is -2.20. The molecular formula is C12H23N7. The molecule has 0 aliphatic heterocycles. The first-order valence-corrected chi connectivity index (χ1v) is 7.01. The number of nitrogens with zero attached hydrogens (tertiary/aromatic N) is 4. The summed E-state index contributed by atoms with van der Waals surface area (Å²) < 4.78 is 0. The lowest BCUT2D eigenvalue weighted by atomic mass is 10.3. The highest BCUT2D eigenvalue weighted by Gasteiger charge is 2.17. The summed E-state index contributed by atoms with van der Waals surface area (Å²) in [4.78, 5) is 15.1. The third-order valence-corrected chi connectivity index (χ3v) is 3.49. The average Bonchev–Trinajstić information content (AvgIpc) is 2.93. The van der Waals surface area contributed by atoms with Crippen molar-refractivity contribution in [1.29, 1.82) is 0 Å². The van der Waals surface area contributed by atoms with E-state index in [9.17, 15) is 0 Å². The molecule has 0 radical (unpaired) electrons. The number of nitrogens with two attached hydrogens (primary N) is 1. The molecule has 0 saturated heterocycles. The van der Waals surface area contributed by atoms with Gasteiger partial charge in [0, 0.05) is 19.1 Å². The summed E-state index contributed by atoms with van der Waals surface area (Å²) in [5, 5.41) is 3.37. The molecule has 1 aromatic heterocycles. The van der Waals surface area contributed by atoms with E-state index < -0.39 is 0 Å². The maximum Gasteiger partial charge on any atom is 0.243 e. The molecule has 0 aromatic carbocycles. The van der Waals surface area contributed by atoms with Crippen LogP contribution in [0.15, 0.2) is 0 Å². The van der Waals surface area contributed by atoms with Crippen LogP contribution in [0.25, 0.3) is 0 Å². The highest BCUT2D eigenvalue weighted by Crippen LogP contribution is 2.22. The van der Waals surface area contributed by atoms with Crippen LogP contribution < -0.4 is 21.5 Å². The number of aromatic nitrogens is 3. The Hall–Kier alpha value is -1.63. The van der Waals surface area contributed by atoms with E-state index in [0.29, 0.717) is 23.9 Å². The Kier molecular flexibility index (Phi) is 4.73. The number of hydrazine groups is 1. The predicted molar refractivity (Wildman–Crippen MR) is 77.1 cm³/mol. The van der Waals surface area contributed by atoms with Crippen molar-refractivity contribution >= 4 is 17.8 Å². The van der Waals surface area contributed by atoms with E-state index in [1.54, 1.807) is 0 Å². The molecule has 1 heterocycles. The van der Waals surface area contributed by atoms with Crippen molar-refractivity contribution in [1.82, 2.24) is 15.0 Å². The summed E-state index contributed by atoms with van der Waals surface area (Å²) in [6.07, 6.45) is 4.90. The zero-order valence-electron chi connectivity index (χ0n) is 11.7. The summed E-state index contributed by atoms with van der Waals surface area (Å²) in [7, 11) is 0.